The number of carbonyl (C=O) groups is 2. The van der Waals surface area contributed by atoms with E-state index in [0.29, 0.717) is 19.6 Å². The lowest BCUT2D eigenvalue weighted by Gasteiger charge is -2.43. The summed E-state index contributed by atoms with van der Waals surface area (Å²) in [4.78, 5) is 31.1. The first-order chi connectivity index (χ1) is 13.9. The van der Waals surface area contributed by atoms with E-state index < -0.39 is 0 Å². The van der Waals surface area contributed by atoms with Gasteiger partial charge in [0.1, 0.15) is 11.4 Å². The van der Waals surface area contributed by atoms with Gasteiger partial charge in [-0.2, -0.15) is 0 Å². The van der Waals surface area contributed by atoms with Crippen LogP contribution in [0.5, 0.6) is 5.75 Å². The highest BCUT2D eigenvalue weighted by Gasteiger charge is 2.41. The third kappa shape index (κ3) is 4.58. The van der Waals surface area contributed by atoms with E-state index in [0.717, 1.165) is 69.1 Å². The number of benzene rings is 1. The molecule has 0 atom stereocenters. The minimum absolute atomic E-state index is 0.0848. The Bertz CT molecular complexity index is 749. The first-order valence-corrected chi connectivity index (χ1v) is 11.0. The van der Waals surface area contributed by atoms with Crippen LogP contribution in [0.15, 0.2) is 24.3 Å². The highest BCUT2D eigenvalue weighted by Crippen LogP contribution is 2.35. The van der Waals surface area contributed by atoms with Crippen molar-refractivity contribution in [1.29, 1.82) is 0 Å². The van der Waals surface area contributed by atoms with Crippen LogP contribution in [-0.4, -0.2) is 71.4 Å². The fourth-order valence-electron chi connectivity index (χ4n) is 4.76. The predicted molar refractivity (Wildman–Crippen MR) is 112 cm³/mol. The van der Waals surface area contributed by atoms with Gasteiger partial charge in [0.05, 0.1) is 13.1 Å². The highest BCUT2D eigenvalue weighted by atomic mass is 16.5. The Labute approximate surface area is 173 Å². The normalized spacial score (nSPS) is 22.7. The van der Waals surface area contributed by atoms with Gasteiger partial charge in [-0.15, -0.1) is 0 Å². The van der Waals surface area contributed by atoms with Gasteiger partial charge >= 0.3 is 0 Å². The summed E-state index contributed by atoms with van der Waals surface area (Å²) in [5.74, 6) is 1.96. The molecular weight excluding hydrogens is 366 g/mol. The predicted octanol–water partition coefficient (Wildman–Crippen LogP) is 2.52. The summed E-state index contributed by atoms with van der Waals surface area (Å²) in [5.41, 5.74) is 0.703. The van der Waals surface area contributed by atoms with Gasteiger partial charge < -0.3 is 14.5 Å². The molecule has 1 aromatic carbocycles. The third-order valence-electron chi connectivity index (χ3n) is 6.85. The van der Waals surface area contributed by atoms with Crippen LogP contribution in [0.4, 0.5) is 0 Å². The first kappa shape index (κ1) is 20.2. The number of ether oxygens (including phenoxy) is 1. The molecule has 6 heteroatoms. The number of hydrogen-bond donors (Lipinski definition) is 0. The molecule has 0 unspecified atom stereocenters. The lowest BCUT2D eigenvalue weighted by atomic mass is 9.90. The van der Waals surface area contributed by atoms with Crippen LogP contribution >= 0.6 is 0 Å². The zero-order valence-corrected chi connectivity index (χ0v) is 17.7. The number of likely N-dealkylation sites (tertiary alicyclic amines) is 2. The van der Waals surface area contributed by atoms with Crippen molar-refractivity contribution < 1.29 is 14.3 Å². The van der Waals surface area contributed by atoms with Crippen molar-refractivity contribution in [3.8, 4) is 5.75 Å². The van der Waals surface area contributed by atoms with Crippen molar-refractivity contribution in [3.05, 3.63) is 29.8 Å². The van der Waals surface area contributed by atoms with E-state index in [-0.39, 0.29) is 17.4 Å². The monoisotopic (exact) mass is 399 g/mol. The minimum Gasteiger partial charge on any atom is -0.485 e. The van der Waals surface area contributed by atoms with Crippen LogP contribution in [0.3, 0.4) is 0 Å². The Morgan fingerprint density at radius 3 is 2.45 bits per heavy atom. The molecule has 1 spiro atoms. The Morgan fingerprint density at radius 1 is 1.07 bits per heavy atom. The average Bonchev–Trinajstić information content (AvgIpc) is 2.87. The molecule has 0 saturated carbocycles. The number of piperidine rings is 2. The zero-order valence-electron chi connectivity index (χ0n) is 17.7. The van der Waals surface area contributed by atoms with E-state index in [1.807, 2.05) is 34.1 Å². The van der Waals surface area contributed by atoms with Crippen LogP contribution in [-0.2, 0) is 16.1 Å². The van der Waals surface area contributed by atoms with Gasteiger partial charge in [-0.25, -0.2) is 0 Å². The molecule has 158 valence electrons. The van der Waals surface area contributed by atoms with E-state index in [2.05, 4.69) is 11.8 Å². The van der Waals surface area contributed by atoms with Crippen LogP contribution in [0.2, 0.25) is 0 Å². The van der Waals surface area contributed by atoms with Gasteiger partial charge in [-0.1, -0.05) is 25.1 Å². The molecule has 2 amide bonds. The maximum Gasteiger partial charge on any atom is 0.236 e. The zero-order chi connectivity index (χ0) is 20.4. The first-order valence-electron chi connectivity index (χ1n) is 11.0. The second-order valence-electron chi connectivity index (χ2n) is 9.11. The van der Waals surface area contributed by atoms with Crippen molar-refractivity contribution >= 4 is 11.8 Å². The third-order valence-corrected chi connectivity index (χ3v) is 6.85. The number of nitrogens with zero attached hydrogens (tertiary/aromatic N) is 3. The molecule has 29 heavy (non-hydrogen) atoms. The molecule has 4 rings (SSSR count). The summed E-state index contributed by atoms with van der Waals surface area (Å²) in [6, 6.07) is 8.03. The second-order valence-corrected chi connectivity index (χ2v) is 9.11. The van der Waals surface area contributed by atoms with Gasteiger partial charge in [0.15, 0.2) is 0 Å². The quantitative estimate of drug-likeness (QED) is 0.767. The van der Waals surface area contributed by atoms with Crippen molar-refractivity contribution in [3.63, 3.8) is 0 Å². The molecule has 3 aliphatic heterocycles. The number of para-hydroxylation sites is 1. The summed E-state index contributed by atoms with van der Waals surface area (Å²) >= 11 is 0. The van der Waals surface area contributed by atoms with Crippen LogP contribution in [0.25, 0.3) is 0 Å². The largest absolute Gasteiger partial charge is 0.485 e. The summed E-state index contributed by atoms with van der Waals surface area (Å²) in [6.45, 7) is 9.05. The average molecular weight is 400 g/mol. The lowest BCUT2D eigenvalue weighted by Crippen LogP contribution is -2.55. The molecule has 2 saturated heterocycles. The lowest BCUT2D eigenvalue weighted by molar-refractivity contribution is -0.135. The van der Waals surface area contributed by atoms with Crippen molar-refractivity contribution in [2.45, 2.75) is 51.7 Å². The molecule has 0 aliphatic carbocycles. The number of carbonyl (C=O) groups excluding carboxylic acids is 2. The topological polar surface area (TPSA) is 53.1 Å². The van der Waals surface area contributed by atoms with Gasteiger partial charge in [0.25, 0.3) is 0 Å². The van der Waals surface area contributed by atoms with Gasteiger partial charge in [0, 0.05) is 58.1 Å². The molecule has 3 heterocycles. The summed E-state index contributed by atoms with van der Waals surface area (Å²) in [7, 11) is 0. The van der Waals surface area contributed by atoms with Crippen molar-refractivity contribution in [2.75, 3.05) is 39.3 Å². The SMILES string of the molecule is CC(=O)N1Cc2ccccc2OC2(CCN(CC(=O)N3CCC(C)CC3)CC2)C1. The van der Waals surface area contributed by atoms with E-state index in [9.17, 15) is 9.59 Å². The Balaban J connectivity index is 1.39. The molecule has 0 aromatic heterocycles. The summed E-state index contributed by atoms with van der Waals surface area (Å²) in [5, 5.41) is 0. The van der Waals surface area contributed by atoms with Crippen molar-refractivity contribution in [2.24, 2.45) is 5.92 Å². The van der Waals surface area contributed by atoms with Gasteiger partial charge in [-0.3, -0.25) is 14.5 Å². The standard InChI is InChI=1S/C23H33N3O3/c1-18-7-11-25(12-8-18)22(28)16-24-13-9-23(10-14-24)17-26(19(2)27)15-20-5-3-4-6-21(20)29-23/h3-6,18H,7-17H2,1-2H3. The number of amides is 2. The van der Waals surface area contributed by atoms with E-state index in [4.69, 9.17) is 4.74 Å². The highest BCUT2D eigenvalue weighted by molar-refractivity contribution is 5.78. The minimum atomic E-state index is -0.363. The van der Waals surface area contributed by atoms with Gasteiger partial charge in [0.2, 0.25) is 11.8 Å². The smallest absolute Gasteiger partial charge is 0.236 e. The molecule has 0 bridgehead atoms. The van der Waals surface area contributed by atoms with E-state index in [1.54, 1.807) is 6.92 Å². The summed E-state index contributed by atoms with van der Waals surface area (Å²) in [6.07, 6.45) is 3.89. The van der Waals surface area contributed by atoms with Crippen molar-refractivity contribution in [1.82, 2.24) is 14.7 Å². The molecule has 1 aromatic rings. The Morgan fingerprint density at radius 2 is 1.76 bits per heavy atom. The number of hydrogen-bond acceptors (Lipinski definition) is 4. The molecule has 2 fully saturated rings. The fourth-order valence-corrected chi connectivity index (χ4v) is 4.76. The maximum atomic E-state index is 12.7. The number of rotatable bonds is 2. The second kappa shape index (κ2) is 8.34. The van der Waals surface area contributed by atoms with Crippen LogP contribution in [0.1, 0.15) is 45.1 Å². The van der Waals surface area contributed by atoms with Gasteiger partial charge in [-0.05, 0) is 24.8 Å². The summed E-state index contributed by atoms with van der Waals surface area (Å²) < 4.78 is 6.53. The Kier molecular flexibility index (Phi) is 5.81. The van der Waals surface area contributed by atoms with Crippen LogP contribution in [0, 0.1) is 5.92 Å². The molecular formula is C23H33N3O3. The van der Waals surface area contributed by atoms with E-state index in [1.165, 1.54) is 0 Å². The molecule has 0 radical (unpaired) electrons. The molecule has 0 N–H and O–H groups in total. The van der Waals surface area contributed by atoms with E-state index >= 15 is 0 Å². The molecule has 6 nitrogen and oxygen atoms in total. The van der Waals surface area contributed by atoms with Crippen LogP contribution < -0.4 is 4.74 Å². The fraction of sp³-hybridized carbons (Fsp3) is 0.652. The Hall–Kier alpha value is -2.08. The molecule has 3 aliphatic rings. The number of fused-ring (bicyclic) bond motifs is 1. The maximum absolute atomic E-state index is 12.7.